The van der Waals surface area contributed by atoms with Crippen molar-refractivity contribution in [2.75, 3.05) is 25.0 Å². The predicted octanol–water partition coefficient (Wildman–Crippen LogP) is 1.74. The fraction of sp³-hybridized carbons (Fsp3) is 0.188. The summed E-state index contributed by atoms with van der Waals surface area (Å²) in [7, 11) is 0. The molecule has 0 aliphatic heterocycles. The molecule has 0 aromatic heterocycles. The molecule has 2 amide bonds. The van der Waals surface area contributed by atoms with Gasteiger partial charge in [0.1, 0.15) is 6.21 Å². The van der Waals surface area contributed by atoms with Gasteiger partial charge in [0.15, 0.2) is 6.61 Å². The topological polar surface area (TPSA) is 114 Å². The smallest absolute Gasteiger partial charge is 0.270 e. The molecular weight excluding hydrogens is 328 g/mol. The van der Waals surface area contributed by atoms with E-state index in [1.165, 1.54) is 29.2 Å². The van der Waals surface area contributed by atoms with Crippen LogP contribution in [0.2, 0.25) is 0 Å². The highest BCUT2D eigenvalue weighted by molar-refractivity contribution is 6.31. The Bertz CT molecular complexity index is 660. The minimum atomic E-state index is -0.602. The molecule has 9 heteroatoms. The highest BCUT2D eigenvalue weighted by Crippen LogP contribution is 2.14. The summed E-state index contributed by atoms with van der Waals surface area (Å²) < 4.78 is 0. The van der Waals surface area contributed by atoms with Crippen molar-refractivity contribution in [2.24, 2.45) is 5.16 Å². The Morgan fingerprint density at radius 3 is 2.36 bits per heavy atom. The highest BCUT2D eigenvalue weighted by atomic mass is 16.6. The third kappa shape index (κ3) is 7.08. The number of oxime groups is 1. The van der Waals surface area contributed by atoms with Gasteiger partial charge in [-0.15, -0.1) is 13.2 Å². The average molecular weight is 346 g/mol. The number of anilines is 1. The van der Waals surface area contributed by atoms with Crippen LogP contribution in [-0.2, 0) is 14.4 Å². The maximum Gasteiger partial charge on any atom is 0.270 e. The number of benzene rings is 1. The Balaban J connectivity index is 2.43. The zero-order chi connectivity index (χ0) is 18.7. The van der Waals surface area contributed by atoms with Crippen molar-refractivity contribution >= 4 is 29.4 Å². The van der Waals surface area contributed by atoms with Gasteiger partial charge in [0.05, 0.1) is 4.92 Å². The molecule has 1 rings (SSSR count). The van der Waals surface area contributed by atoms with Crippen LogP contribution in [-0.4, -0.2) is 47.5 Å². The molecule has 0 aliphatic carbocycles. The number of hydrogen-bond acceptors (Lipinski definition) is 6. The van der Waals surface area contributed by atoms with Crippen LogP contribution in [0.25, 0.3) is 0 Å². The summed E-state index contributed by atoms with van der Waals surface area (Å²) >= 11 is 0. The second-order valence-corrected chi connectivity index (χ2v) is 4.68. The van der Waals surface area contributed by atoms with E-state index in [0.717, 1.165) is 6.21 Å². The molecule has 1 aromatic carbocycles. The average Bonchev–Trinajstić information content (AvgIpc) is 2.58. The maximum absolute atomic E-state index is 11.8. The molecule has 0 fully saturated rings. The van der Waals surface area contributed by atoms with E-state index in [-0.39, 0.29) is 18.2 Å². The lowest BCUT2D eigenvalue weighted by molar-refractivity contribution is -0.384. The van der Waals surface area contributed by atoms with Crippen molar-refractivity contribution in [1.29, 1.82) is 0 Å². The SMILES string of the molecule is C=CCN(CC=C)C(=O)CO/N=C\C(=O)Nc1ccc([N+](=O)[O-])cc1. The van der Waals surface area contributed by atoms with Gasteiger partial charge in [-0.1, -0.05) is 17.3 Å². The van der Waals surface area contributed by atoms with Gasteiger partial charge >= 0.3 is 0 Å². The van der Waals surface area contributed by atoms with Gasteiger partial charge in [-0.3, -0.25) is 19.7 Å². The van der Waals surface area contributed by atoms with Gasteiger partial charge in [0.2, 0.25) is 0 Å². The molecule has 1 N–H and O–H groups in total. The molecule has 0 saturated carbocycles. The summed E-state index contributed by atoms with van der Waals surface area (Å²) in [4.78, 5) is 39.7. The van der Waals surface area contributed by atoms with Crippen LogP contribution in [0.5, 0.6) is 0 Å². The summed E-state index contributed by atoms with van der Waals surface area (Å²) in [6, 6.07) is 5.29. The molecule has 0 unspecified atom stereocenters. The van der Waals surface area contributed by atoms with Gasteiger partial charge in [-0.2, -0.15) is 0 Å². The minimum absolute atomic E-state index is 0.0860. The Hall–Kier alpha value is -3.49. The number of rotatable bonds is 10. The summed E-state index contributed by atoms with van der Waals surface area (Å²) in [5, 5.41) is 16.4. The number of non-ortho nitro benzene ring substituents is 1. The van der Waals surface area contributed by atoms with E-state index in [2.05, 4.69) is 23.6 Å². The first-order chi connectivity index (χ1) is 12.0. The summed E-state index contributed by atoms with van der Waals surface area (Å²) in [6.07, 6.45) is 4.00. The lowest BCUT2D eigenvalue weighted by Crippen LogP contribution is -2.33. The van der Waals surface area contributed by atoms with E-state index < -0.39 is 10.8 Å². The van der Waals surface area contributed by atoms with Gasteiger partial charge in [0, 0.05) is 30.9 Å². The van der Waals surface area contributed by atoms with E-state index in [1.54, 1.807) is 12.2 Å². The molecule has 0 saturated heterocycles. The van der Waals surface area contributed by atoms with Crippen LogP contribution in [0.15, 0.2) is 54.7 Å². The van der Waals surface area contributed by atoms with Gasteiger partial charge in [-0.25, -0.2) is 0 Å². The van der Waals surface area contributed by atoms with Crippen molar-refractivity contribution in [2.45, 2.75) is 0 Å². The molecular formula is C16H18N4O5. The number of carbonyl (C=O) groups excluding carboxylic acids is 2. The van der Waals surface area contributed by atoms with Crippen LogP contribution in [0, 0.1) is 10.1 Å². The maximum atomic E-state index is 11.8. The first-order valence-electron chi connectivity index (χ1n) is 7.18. The second kappa shape index (κ2) is 10.3. The number of amides is 2. The number of nitrogens with one attached hydrogen (secondary N) is 1. The molecule has 9 nitrogen and oxygen atoms in total. The first-order valence-corrected chi connectivity index (χ1v) is 7.18. The normalized spacial score (nSPS) is 10.1. The number of hydrogen-bond donors (Lipinski definition) is 1. The number of nitrogens with zero attached hydrogens (tertiary/aromatic N) is 3. The van der Waals surface area contributed by atoms with Crippen LogP contribution >= 0.6 is 0 Å². The van der Waals surface area contributed by atoms with Crippen LogP contribution in [0.3, 0.4) is 0 Å². The quantitative estimate of drug-likeness (QED) is 0.300. The molecule has 0 heterocycles. The zero-order valence-electron chi connectivity index (χ0n) is 13.5. The lowest BCUT2D eigenvalue weighted by atomic mass is 10.3. The van der Waals surface area contributed by atoms with Crippen molar-refractivity contribution in [3.63, 3.8) is 0 Å². The van der Waals surface area contributed by atoms with Gasteiger partial charge < -0.3 is 15.1 Å². The molecule has 0 atom stereocenters. The Labute approximate surface area is 144 Å². The number of nitro benzene ring substituents is 1. The Morgan fingerprint density at radius 2 is 1.84 bits per heavy atom. The standard InChI is InChI=1S/C16H18N4O5/c1-3-9-19(10-4-2)16(22)12-25-17-11-15(21)18-13-5-7-14(8-6-13)20(23)24/h3-8,11H,1-2,9-10,12H2,(H,18,21)/b17-11-. The molecule has 0 bridgehead atoms. The lowest BCUT2D eigenvalue weighted by Gasteiger charge is -2.17. The number of carbonyl (C=O) groups is 2. The Kier molecular flexibility index (Phi) is 8.07. The summed E-state index contributed by atoms with van der Waals surface area (Å²) in [5.74, 6) is -0.928. The molecule has 0 radical (unpaired) electrons. The molecule has 1 aromatic rings. The summed E-state index contributed by atoms with van der Waals surface area (Å²) in [6.45, 7) is 7.46. The van der Waals surface area contributed by atoms with E-state index in [1.807, 2.05) is 0 Å². The van der Waals surface area contributed by atoms with E-state index >= 15 is 0 Å². The predicted molar refractivity (Wildman–Crippen MR) is 93.1 cm³/mol. The third-order valence-electron chi connectivity index (χ3n) is 2.83. The van der Waals surface area contributed by atoms with E-state index in [0.29, 0.717) is 18.8 Å². The van der Waals surface area contributed by atoms with Crippen LogP contribution < -0.4 is 5.32 Å². The third-order valence-corrected chi connectivity index (χ3v) is 2.83. The first kappa shape index (κ1) is 19.6. The van der Waals surface area contributed by atoms with Crippen LogP contribution in [0.4, 0.5) is 11.4 Å². The minimum Gasteiger partial charge on any atom is -0.386 e. The molecule has 132 valence electrons. The molecule has 0 aliphatic rings. The fourth-order valence-electron chi connectivity index (χ4n) is 1.70. The van der Waals surface area contributed by atoms with Gasteiger partial charge in [0.25, 0.3) is 17.5 Å². The van der Waals surface area contributed by atoms with Gasteiger partial charge in [-0.05, 0) is 12.1 Å². The molecule has 25 heavy (non-hydrogen) atoms. The largest absolute Gasteiger partial charge is 0.386 e. The summed E-state index contributed by atoms with van der Waals surface area (Å²) in [5.41, 5.74) is 0.276. The van der Waals surface area contributed by atoms with Crippen molar-refractivity contribution < 1.29 is 19.3 Å². The molecule has 0 spiro atoms. The second-order valence-electron chi connectivity index (χ2n) is 4.68. The van der Waals surface area contributed by atoms with E-state index in [9.17, 15) is 19.7 Å². The highest BCUT2D eigenvalue weighted by Gasteiger charge is 2.11. The van der Waals surface area contributed by atoms with Crippen molar-refractivity contribution in [1.82, 2.24) is 4.90 Å². The van der Waals surface area contributed by atoms with Crippen molar-refractivity contribution in [3.05, 3.63) is 59.7 Å². The zero-order valence-corrected chi connectivity index (χ0v) is 13.5. The Morgan fingerprint density at radius 1 is 1.24 bits per heavy atom. The van der Waals surface area contributed by atoms with E-state index in [4.69, 9.17) is 4.84 Å². The van der Waals surface area contributed by atoms with Crippen LogP contribution in [0.1, 0.15) is 0 Å². The monoisotopic (exact) mass is 346 g/mol. The number of nitro groups is 1. The van der Waals surface area contributed by atoms with Crippen molar-refractivity contribution in [3.8, 4) is 0 Å². The fourth-order valence-corrected chi connectivity index (χ4v) is 1.70.